The second kappa shape index (κ2) is 6.83. The lowest BCUT2D eigenvalue weighted by atomic mass is 10.1. The molecule has 1 aliphatic rings. The maximum atomic E-state index is 9.47. The van der Waals surface area contributed by atoms with E-state index in [4.69, 9.17) is 4.52 Å². The van der Waals surface area contributed by atoms with Crippen molar-refractivity contribution in [3.8, 4) is 0 Å². The molecule has 0 amide bonds. The molecule has 6 heteroatoms. The van der Waals surface area contributed by atoms with Crippen LogP contribution in [0.1, 0.15) is 29.7 Å². The van der Waals surface area contributed by atoms with Gasteiger partial charge in [0.05, 0.1) is 12.1 Å². The van der Waals surface area contributed by atoms with Gasteiger partial charge in [-0.1, -0.05) is 35.5 Å². The summed E-state index contributed by atoms with van der Waals surface area (Å²) in [4.78, 5) is 4.39. The van der Waals surface area contributed by atoms with Crippen molar-refractivity contribution in [1.29, 1.82) is 0 Å². The van der Waals surface area contributed by atoms with E-state index in [1.165, 1.54) is 5.56 Å². The standard InChI is InChI=1S/C14H17N3O2.ClH/c18-11-8-12(15-9-11)14-16-13(17-19-14)7-6-10-4-2-1-3-5-10;/h1-5,11-12,15,18H,6-9H2;1H/t11-,12-;/m1./s1. The molecule has 1 fully saturated rings. The van der Waals surface area contributed by atoms with Crippen LogP contribution in [0.5, 0.6) is 0 Å². The van der Waals surface area contributed by atoms with Crippen LogP contribution >= 0.6 is 12.4 Å². The number of rotatable bonds is 4. The van der Waals surface area contributed by atoms with E-state index in [1.807, 2.05) is 18.2 Å². The van der Waals surface area contributed by atoms with Gasteiger partial charge < -0.3 is 14.9 Å². The molecule has 0 aliphatic carbocycles. The maximum Gasteiger partial charge on any atom is 0.243 e. The fourth-order valence-corrected chi connectivity index (χ4v) is 2.32. The lowest BCUT2D eigenvalue weighted by molar-refractivity contribution is 0.191. The van der Waals surface area contributed by atoms with Crippen LogP contribution in [0.2, 0.25) is 0 Å². The number of halogens is 1. The molecule has 1 aliphatic heterocycles. The predicted octanol–water partition coefficient (Wildman–Crippen LogP) is 1.67. The second-order valence-electron chi connectivity index (χ2n) is 4.88. The highest BCUT2D eigenvalue weighted by Gasteiger charge is 2.27. The van der Waals surface area contributed by atoms with Gasteiger partial charge in [0, 0.05) is 13.0 Å². The van der Waals surface area contributed by atoms with Crippen LogP contribution in [0.3, 0.4) is 0 Å². The molecule has 0 bridgehead atoms. The molecule has 1 aromatic carbocycles. The van der Waals surface area contributed by atoms with Crippen molar-refractivity contribution < 1.29 is 9.63 Å². The molecule has 0 unspecified atom stereocenters. The molecule has 1 aromatic heterocycles. The van der Waals surface area contributed by atoms with Crippen LogP contribution in [0.25, 0.3) is 0 Å². The topological polar surface area (TPSA) is 71.2 Å². The summed E-state index contributed by atoms with van der Waals surface area (Å²) < 4.78 is 5.25. The molecule has 2 aromatic rings. The second-order valence-corrected chi connectivity index (χ2v) is 4.88. The molecule has 1 saturated heterocycles. The van der Waals surface area contributed by atoms with E-state index in [9.17, 15) is 5.11 Å². The normalized spacial score (nSPS) is 21.6. The third-order valence-electron chi connectivity index (χ3n) is 3.37. The van der Waals surface area contributed by atoms with Gasteiger partial charge in [0.1, 0.15) is 0 Å². The van der Waals surface area contributed by atoms with Gasteiger partial charge in [-0.15, -0.1) is 12.4 Å². The summed E-state index contributed by atoms with van der Waals surface area (Å²) in [7, 11) is 0. The summed E-state index contributed by atoms with van der Waals surface area (Å²) in [6, 6.07) is 10.2. The number of nitrogens with zero attached hydrogens (tertiary/aromatic N) is 2. The summed E-state index contributed by atoms with van der Waals surface area (Å²) >= 11 is 0. The fourth-order valence-electron chi connectivity index (χ4n) is 2.32. The first-order valence-electron chi connectivity index (χ1n) is 6.59. The van der Waals surface area contributed by atoms with Crippen molar-refractivity contribution in [2.45, 2.75) is 31.4 Å². The zero-order valence-corrected chi connectivity index (χ0v) is 11.8. The molecule has 0 radical (unpaired) electrons. The predicted molar refractivity (Wildman–Crippen MR) is 76.8 cm³/mol. The van der Waals surface area contributed by atoms with Gasteiger partial charge in [-0.3, -0.25) is 0 Å². The van der Waals surface area contributed by atoms with Crippen molar-refractivity contribution in [3.63, 3.8) is 0 Å². The van der Waals surface area contributed by atoms with Gasteiger partial charge >= 0.3 is 0 Å². The third kappa shape index (κ3) is 3.56. The number of hydrogen-bond donors (Lipinski definition) is 2. The third-order valence-corrected chi connectivity index (χ3v) is 3.37. The summed E-state index contributed by atoms with van der Waals surface area (Å²) in [6.07, 6.45) is 1.99. The molecule has 2 heterocycles. The van der Waals surface area contributed by atoms with E-state index in [2.05, 4.69) is 27.6 Å². The Kier molecular flexibility index (Phi) is 5.11. The monoisotopic (exact) mass is 295 g/mol. The highest BCUT2D eigenvalue weighted by Crippen LogP contribution is 2.21. The van der Waals surface area contributed by atoms with E-state index < -0.39 is 0 Å². The Balaban J connectivity index is 0.00000147. The minimum absolute atomic E-state index is 0. The first-order valence-corrected chi connectivity index (χ1v) is 6.59. The lowest BCUT2D eigenvalue weighted by Crippen LogP contribution is -2.15. The minimum Gasteiger partial charge on any atom is -0.392 e. The van der Waals surface area contributed by atoms with Crippen molar-refractivity contribution in [1.82, 2.24) is 15.5 Å². The molecular weight excluding hydrogens is 278 g/mol. The average Bonchev–Trinajstić information content (AvgIpc) is 3.06. The molecular formula is C14H18ClN3O2. The minimum atomic E-state index is -0.315. The first-order chi connectivity index (χ1) is 9.31. The number of aryl methyl sites for hydroxylation is 2. The summed E-state index contributed by atoms with van der Waals surface area (Å²) in [5, 5.41) is 16.6. The number of aliphatic hydroxyl groups excluding tert-OH is 1. The Hall–Kier alpha value is -1.43. The molecule has 0 spiro atoms. The van der Waals surface area contributed by atoms with Crippen molar-refractivity contribution in [2.75, 3.05) is 6.54 Å². The van der Waals surface area contributed by atoms with Gasteiger partial charge in [0.15, 0.2) is 5.82 Å². The Bertz CT molecular complexity index is 532. The molecule has 2 N–H and O–H groups in total. The summed E-state index contributed by atoms with van der Waals surface area (Å²) in [5.74, 6) is 1.31. The maximum absolute atomic E-state index is 9.47. The van der Waals surface area contributed by atoms with Crippen molar-refractivity contribution >= 4 is 12.4 Å². The average molecular weight is 296 g/mol. The smallest absolute Gasteiger partial charge is 0.243 e. The number of aliphatic hydroxyl groups is 1. The molecule has 108 valence electrons. The molecule has 5 nitrogen and oxygen atoms in total. The van der Waals surface area contributed by atoms with E-state index in [0.717, 1.165) is 18.7 Å². The van der Waals surface area contributed by atoms with Crippen LogP contribution in [-0.2, 0) is 12.8 Å². The van der Waals surface area contributed by atoms with Crippen LogP contribution in [-0.4, -0.2) is 27.9 Å². The van der Waals surface area contributed by atoms with Gasteiger partial charge in [-0.25, -0.2) is 0 Å². The van der Waals surface area contributed by atoms with Crippen LogP contribution < -0.4 is 5.32 Å². The van der Waals surface area contributed by atoms with Crippen molar-refractivity contribution in [3.05, 3.63) is 47.6 Å². The Morgan fingerprint density at radius 1 is 1.25 bits per heavy atom. The fraction of sp³-hybridized carbons (Fsp3) is 0.429. The van der Waals surface area contributed by atoms with E-state index in [0.29, 0.717) is 18.9 Å². The lowest BCUT2D eigenvalue weighted by Gasteiger charge is -2.01. The van der Waals surface area contributed by atoms with Gasteiger partial charge in [-0.05, 0) is 18.4 Å². The number of benzene rings is 1. The number of hydrogen-bond acceptors (Lipinski definition) is 5. The zero-order chi connectivity index (χ0) is 13.1. The Labute approximate surface area is 123 Å². The number of β-amino-alcohol motifs (C(OH)–C–C–N with tert-alkyl or cyclic N) is 1. The zero-order valence-electron chi connectivity index (χ0n) is 11.0. The van der Waals surface area contributed by atoms with Crippen LogP contribution in [0.4, 0.5) is 0 Å². The summed E-state index contributed by atoms with van der Waals surface area (Å²) in [5.41, 5.74) is 1.27. The SMILES string of the molecule is Cl.O[C@H]1CN[C@@H](c2nc(CCc3ccccc3)no2)C1. The molecule has 3 rings (SSSR count). The van der Waals surface area contributed by atoms with Gasteiger partial charge in [0.25, 0.3) is 0 Å². The van der Waals surface area contributed by atoms with Crippen LogP contribution in [0.15, 0.2) is 34.9 Å². The van der Waals surface area contributed by atoms with Crippen molar-refractivity contribution in [2.24, 2.45) is 0 Å². The number of nitrogens with one attached hydrogen (secondary N) is 1. The molecule has 0 saturated carbocycles. The molecule has 20 heavy (non-hydrogen) atoms. The van der Waals surface area contributed by atoms with E-state index in [1.54, 1.807) is 0 Å². The highest BCUT2D eigenvalue weighted by atomic mass is 35.5. The summed E-state index contributed by atoms with van der Waals surface area (Å²) in [6.45, 7) is 0.590. The van der Waals surface area contributed by atoms with Gasteiger partial charge in [-0.2, -0.15) is 4.98 Å². The highest BCUT2D eigenvalue weighted by molar-refractivity contribution is 5.85. The first kappa shape index (κ1) is 15.0. The van der Waals surface area contributed by atoms with Crippen LogP contribution in [0, 0.1) is 0 Å². The Morgan fingerprint density at radius 3 is 2.75 bits per heavy atom. The largest absolute Gasteiger partial charge is 0.392 e. The number of aromatic nitrogens is 2. The van der Waals surface area contributed by atoms with Gasteiger partial charge in [0.2, 0.25) is 5.89 Å². The molecule has 2 atom stereocenters. The quantitative estimate of drug-likeness (QED) is 0.898. The van der Waals surface area contributed by atoms with E-state index >= 15 is 0 Å². The van der Waals surface area contributed by atoms with E-state index in [-0.39, 0.29) is 24.6 Å². The Morgan fingerprint density at radius 2 is 2.05 bits per heavy atom.